The Morgan fingerprint density at radius 2 is 1.21 bits per heavy atom. The third-order valence-corrected chi connectivity index (χ3v) is 10.6. The molecule has 0 amide bonds. The van der Waals surface area contributed by atoms with Crippen molar-refractivity contribution in [3.63, 3.8) is 0 Å². The molecular formula is C25H48I2N2. The third-order valence-electron chi connectivity index (χ3n) is 10.6. The highest BCUT2D eigenvalue weighted by molar-refractivity contribution is 5.09. The van der Waals surface area contributed by atoms with Crippen LogP contribution in [0.3, 0.4) is 0 Å². The van der Waals surface area contributed by atoms with Gasteiger partial charge in [-0.3, -0.25) is 0 Å². The Morgan fingerprint density at radius 3 is 1.79 bits per heavy atom. The molecular weight excluding hydrogens is 582 g/mol. The molecule has 0 aromatic heterocycles. The first-order chi connectivity index (χ1) is 12.4. The van der Waals surface area contributed by atoms with Gasteiger partial charge in [-0.1, -0.05) is 13.8 Å². The highest BCUT2D eigenvalue weighted by atomic mass is 127. The highest BCUT2D eigenvalue weighted by Gasteiger charge is 2.63. The Labute approximate surface area is 216 Å². The number of halogens is 2. The van der Waals surface area contributed by atoms with Gasteiger partial charge in [0, 0.05) is 18.3 Å². The Hall–Kier alpha value is 1.38. The van der Waals surface area contributed by atoms with Crippen molar-refractivity contribution in [3.8, 4) is 0 Å². The first-order valence-electron chi connectivity index (χ1n) is 12.0. The van der Waals surface area contributed by atoms with Crippen molar-refractivity contribution in [1.82, 2.24) is 0 Å². The summed E-state index contributed by atoms with van der Waals surface area (Å²) in [6.07, 6.45) is 13.5. The molecule has 0 radical (unpaired) electrons. The van der Waals surface area contributed by atoms with Crippen LogP contribution in [0.5, 0.6) is 0 Å². The first kappa shape index (κ1) is 26.6. The summed E-state index contributed by atoms with van der Waals surface area (Å²) < 4.78 is 2.35. The van der Waals surface area contributed by atoms with Gasteiger partial charge < -0.3 is 56.9 Å². The third kappa shape index (κ3) is 4.32. The molecule has 0 bridgehead atoms. The van der Waals surface area contributed by atoms with Gasteiger partial charge in [-0.2, -0.15) is 0 Å². The van der Waals surface area contributed by atoms with Crippen LogP contribution in [-0.4, -0.2) is 63.3 Å². The minimum Gasteiger partial charge on any atom is -1.00 e. The topological polar surface area (TPSA) is 0 Å². The van der Waals surface area contributed by atoms with Crippen molar-refractivity contribution in [3.05, 3.63) is 0 Å². The van der Waals surface area contributed by atoms with Gasteiger partial charge in [-0.25, -0.2) is 0 Å². The maximum Gasteiger partial charge on any atom is 0.0941 e. The normalized spacial score (nSPS) is 47.2. The van der Waals surface area contributed by atoms with E-state index in [-0.39, 0.29) is 48.0 Å². The standard InChI is InChI=1S/C25H48N2.2HI/c1-24-15-13-19(26(3,4)5)17-18(24)9-10-20-21-11-12-23(27(6,7)8)25(21,2)16-14-22(20)24;;/h18-23H,9-17H2,1-8H3;2*1H/q+2;;/p-2/t18-,19+,20-,21-,22-,23+,24-,25-;;/m0../s1. The smallest absolute Gasteiger partial charge is 0.0941 e. The molecule has 4 rings (SSSR count). The summed E-state index contributed by atoms with van der Waals surface area (Å²) in [6, 6.07) is 1.77. The molecule has 0 unspecified atom stereocenters. The Morgan fingerprint density at radius 1 is 0.621 bits per heavy atom. The van der Waals surface area contributed by atoms with Crippen LogP contribution in [0.15, 0.2) is 0 Å². The lowest BCUT2D eigenvalue weighted by Gasteiger charge is -2.61. The monoisotopic (exact) mass is 630 g/mol. The molecule has 0 spiro atoms. The van der Waals surface area contributed by atoms with Crippen LogP contribution in [-0.2, 0) is 0 Å². The van der Waals surface area contributed by atoms with Gasteiger partial charge in [0.1, 0.15) is 0 Å². The quantitative estimate of drug-likeness (QED) is 0.277. The van der Waals surface area contributed by atoms with Crippen LogP contribution in [0.2, 0.25) is 0 Å². The van der Waals surface area contributed by atoms with Gasteiger partial charge >= 0.3 is 0 Å². The fourth-order valence-corrected chi connectivity index (χ4v) is 9.18. The summed E-state index contributed by atoms with van der Waals surface area (Å²) in [5.74, 6) is 4.05. The summed E-state index contributed by atoms with van der Waals surface area (Å²) in [6.45, 7) is 5.42. The minimum absolute atomic E-state index is 0. The SMILES string of the molecule is C[C@]12CC[C@@H]([N+](C)(C)C)C[C@@H]1CC[C@@H]1[C@@H]2CC[C@]2(C)[C@H]([N+](C)(C)C)CC[C@@H]12.[I-].[I-]. The average Bonchev–Trinajstić information content (AvgIpc) is 2.90. The van der Waals surface area contributed by atoms with Crippen molar-refractivity contribution in [2.24, 2.45) is 34.5 Å². The van der Waals surface area contributed by atoms with E-state index >= 15 is 0 Å². The second kappa shape index (κ2) is 8.62. The molecule has 2 nitrogen and oxygen atoms in total. The molecule has 0 aliphatic heterocycles. The van der Waals surface area contributed by atoms with Crippen LogP contribution < -0.4 is 48.0 Å². The molecule has 0 aromatic rings. The maximum atomic E-state index is 2.73. The summed E-state index contributed by atoms with van der Waals surface area (Å²) in [5, 5.41) is 0. The number of rotatable bonds is 2. The Balaban J connectivity index is 0.00000150. The molecule has 4 saturated carbocycles. The summed E-state index contributed by atoms with van der Waals surface area (Å²) >= 11 is 0. The zero-order chi connectivity index (χ0) is 19.8. The van der Waals surface area contributed by atoms with Gasteiger partial charge in [0.2, 0.25) is 0 Å². The molecule has 4 aliphatic rings. The minimum atomic E-state index is 0. The highest BCUT2D eigenvalue weighted by Crippen LogP contribution is 2.67. The number of quaternary nitrogens is 2. The van der Waals surface area contributed by atoms with Gasteiger partial charge in [-0.15, -0.1) is 0 Å². The molecule has 4 aliphatic carbocycles. The Bertz CT molecular complexity index is 580. The van der Waals surface area contributed by atoms with Gasteiger partial charge in [-0.05, 0) is 74.0 Å². The van der Waals surface area contributed by atoms with E-state index in [1.54, 1.807) is 6.42 Å². The Kier molecular flexibility index (Phi) is 7.92. The number of hydrogen-bond acceptors (Lipinski definition) is 0. The van der Waals surface area contributed by atoms with Crippen LogP contribution >= 0.6 is 0 Å². The van der Waals surface area contributed by atoms with Crippen LogP contribution in [0.1, 0.15) is 71.6 Å². The summed E-state index contributed by atoms with van der Waals surface area (Å²) in [4.78, 5) is 0. The van der Waals surface area contributed by atoms with E-state index < -0.39 is 0 Å². The van der Waals surface area contributed by atoms with Crippen LogP contribution in [0.4, 0.5) is 0 Å². The van der Waals surface area contributed by atoms with Gasteiger partial charge in [0.05, 0.1) is 54.4 Å². The second-order valence-corrected chi connectivity index (χ2v) is 13.5. The van der Waals surface area contributed by atoms with E-state index in [1.165, 1.54) is 60.3 Å². The van der Waals surface area contributed by atoms with Crippen molar-refractivity contribution in [2.75, 3.05) is 42.3 Å². The largest absolute Gasteiger partial charge is 1.00 e. The molecule has 8 atom stereocenters. The first-order valence-corrected chi connectivity index (χ1v) is 12.0. The van der Waals surface area contributed by atoms with E-state index in [4.69, 9.17) is 0 Å². The number of fused-ring (bicyclic) bond motifs is 5. The molecule has 4 heteroatoms. The summed E-state index contributed by atoms with van der Waals surface area (Å²) in [7, 11) is 14.6. The predicted octanol–water partition coefficient (Wildman–Crippen LogP) is -0.813. The fraction of sp³-hybridized carbons (Fsp3) is 1.00. The van der Waals surface area contributed by atoms with Gasteiger partial charge in [0.15, 0.2) is 0 Å². The lowest BCUT2D eigenvalue weighted by atomic mass is 9.44. The van der Waals surface area contributed by atoms with Crippen molar-refractivity contribution in [1.29, 1.82) is 0 Å². The zero-order valence-electron chi connectivity index (χ0n) is 20.5. The van der Waals surface area contributed by atoms with E-state index in [9.17, 15) is 0 Å². The van der Waals surface area contributed by atoms with Crippen LogP contribution in [0.25, 0.3) is 0 Å². The zero-order valence-corrected chi connectivity index (χ0v) is 24.8. The lowest BCUT2D eigenvalue weighted by Crippen LogP contribution is -3.00. The predicted molar refractivity (Wildman–Crippen MR) is 115 cm³/mol. The second-order valence-electron chi connectivity index (χ2n) is 13.5. The van der Waals surface area contributed by atoms with E-state index in [0.29, 0.717) is 10.8 Å². The molecule has 0 aromatic carbocycles. The van der Waals surface area contributed by atoms with Crippen molar-refractivity contribution >= 4 is 0 Å². The molecule has 0 heterocycles. The maximum absolute atomic E-state index is 2.73. The number of nitrogens with zero attached hydrogens (tertiary/aromatic N) is 2. The summed E-state index contributed by atoms with van der Waals surface area (Å²) in [5.41, 5.74) is 1.24. The van der Waals surface area contributed by atoms with Crippen molar-refractivity contribution in [2.45, 2.75) is 83.7 Å². The van der Waals surface area contributed by atoms with Crippen LogP contribution in [0, 0.1) is 34.5 Å². The van der Waals surface area contributed by atoms with E-state index in [1.807, 2.05) is 0 Å². The van der Waals surface area contributed by atoms with E-state index in [0.717, 1.165) is 35.8 Å². The van der Waals surface area contributed by atoms with Crippen molar-refractivity contribution < 1.29 is 56.9 Å². The van der Waals surface area contributed by atoms with E-state index in [2.05, 4.69) is 56.1 Å². The number of hydrogen-bond donors (Lipinski definition) is 0. The molecule has 0 saturated heterocycles. The molecule has 172 valence electrons. The lowest BCUT2D eigenvalue weighted by molar-refractivity contribution is -0.903. The fourth-order valence-electron chi connectivity index (χ4n) is 9.18. The molecule has 4 fully saturated rings. The molecule has 29 heavy (non-hydrogen) atoms. The molecule has 0 N–H and O–H groups in total. The van der Waals surface area contributed by atoms with Gasteiger partial charge in [0.25, 0.3) is 0 Å². The average molecular weight is 630 g/mol.